The number of carbonyl (C=O) groups is 2. The molecule has 0 aromatic heterocycles. The summed E-state index contributed by atoms with van der Waals surface area (Å²) < 4.78 is 41.8. The number of halogens is 4. The lowest BCUT2D eigenvalue weighted by Crippen LogP contribution is -2.41. The minimum Gasteiger partial charge on any atom is -0.406 e. The van der Waals surface area contributed by atoms with Gasteiger partial charge in [-0.05, 0) is 35.9 Å². The summed E-state index contributed by atoms with van der Waals surface area (Å²) in [6, 6.07) is 12.0. The van der Waals surface area contributed by atoms with Crippen LogP contribution in [0.3, 0.4) is 0 Å². The predicted molar refractivity (Wildman–Crippen MR) is 107 cm³/mol. The van der Waals surface area contributed by atoms with Crippen molar-refractivity contribution in [2.75, 3.05) is 18.0 Å². The molecule has 29 heavy (non-hydrogen) atoms. The smallest absolute Gasteiger partial charge is 0.406 e. The molecule has 0 fully saturated rings. The Morgan fingerprint density at radius 2 is 1.90 bits per heavy atom. The lowest BCUT2D eigenvalue weighted by Gasteiger charge is -2.23. The van der Waals surface area contributed by atoms with Crippen molar-refractivity contribution in [1.82, 2.24) is 5.32 Å². The molecule has 0 unspecified atom stereocenters. The molecule has 2 rings (SSSR count). The van der Waals surface area contributed by atoms with Gasteiger partial charge in [0.15, 0.2) is 0 Å². The molecule has 0 radical (unpaired) electrons. The average Bonchev–Trinajstić information content (AvgIpc) is 2.63. The van der Waals surface area contributed by atoms with Crippen LogP contribution in [-0.4, -0.2) is 31.3 Å². The first-order chi connectivity index (χ1) is 13.7. The van der Waals surface area contributed by atoms with Crippen molar-refractivity contribution in [1.29, 1.82) is 0 Å². The zero-order valence-electron chi connectivity index (χ0n) is 15.2. The van der Waals surface area contributed by atoms with Crippen molar-refractivity contribution in [3.63, 3.8) is 0 Å². The van der Waals surface area contributed by atoms with E-state index in [1.165, 1.54) is 23.1 Å². The molecule has 0 heterocycles. The minimum absolute atomic E-state index is 0.212. The van der Waals surface area contributed by atoms with Crippen molar-refractivity contribution < 1.29 is 27.5 Å². The normalized spacial score (nSPS) is 10.9. The lowest BCUT2D eigenvalue weighted by atomic mass is 10.1. The van der Waals surface area contributed by atoms with Crippen molar-refractivity contribution in [2.24, 2.45) is 0 Å². The fourth-order valence-corrected chi connectivity index (χ4v) is 2.86. The van der Waals surface area contributed by atoms with Crippen molar-refractivity contribution in [2.45, 2.75) is 12.8 Å². The third-order valence-corrected chi connectivity index (χ3v) is 4.15. The third kappa shape index (κ3) is 7.61. The molecule has 0 aliphatic rings. The van der Waals surface area contributed by atoms with Crippen LogP contribution in [0.1, 0.15) is 5.56 Å². The quantitative estimate of drug-likeness (QED) is 0.587. The summed E-state index contributed by atoms with van der Waals surface area (Å²) >= 11 is 3.32. The van der Waals surface area contributed by atoms with Gasteiger partial charge in [0.2, 0.25) is 11.8 Å². The zero-order chi connectivity index (χ0) is 21.4. The van der Waals surface area contributed by atoms with E-state index in [2.05, 4.69) is 32.6 Å². The molecule has 2 aromatic carbocycles. The van der Waals surface area contributed by atoms with Gasteiger partial charge in [0.05, 0.1) is 6.42 Å². The van der Waals surface area contributed by atoms with E-state index in [4.69, 9.17) is 0 Å². The highest BCUT2D eigenvalue weighted by Crippen LogP contribution is 2.25. The van der Waals surface area contributed by atoms with E-state index in [0.717, 1.165) is 12.1 Å². The first-order valence-corrected chi connectivity index (χ1v) is 9.25. The largest absolute Gasteiger partial charge is 0.573 e. The molecule has 0 aliphatic heterocycles. The molecular formula is C20H18BrF3N2O3. The molecule has 0 atom stereocenters. The molecule has 0 spiro atoms. The number of hydrogen-bond acceptors (Lipinski definition) is 3. The molecule has 154 valence electrons. The second-order valence-corrected chi connectivity index (χ2v) is 6.84. The molecule has 0 saturated heterocycles. The summed E-state index contributed by atoms with van der Waals surface area (Å²) in [6.07, 6.45) is -3.53. The maximum absolute atomic E-state index is 12.9. The summed E-state index contributed by atoms with van der Waals surface area (Å²) in [5.41, 5.74) is 0.795. The number of amides is 2. The summed E-state index contributed by atoms with van der Waals surface area (Å²) in [4.78, 5) is 26.3. The number of ether oxygens (including phenoxy) is 1. The van der Waals surface area contributed by atoms with Crippen LogP contribution in [0.2, 0.25) is 0 Å². The summed E-state index contributed by atoms with van der Waals surface area (Å²) in [5.74, 6) is -1.27. The Hall–Kier alpha value is -2.81. The molecular weight excluding hydrogens is 453 g/mol. The maximum Gasteiger partial charge on any atom is 0.573 e. The predicted octanol–water partition coefficient (Wildman–Crippen LogP) is 4.23. The van der Waals surface area contributed by atoms with Gasteiger partial charge < -0.3 is 15.0 Å². The molecule has 5 nitrogen and oxygen atoms in total. The fourth-order valence-electron chi connectivity index (χ4n) is 2.48. The first kappa shape index (κ1) is 22.5. The minimum atomic E-state index is -4.83. The van der Waals surface area contributed by atoms with Crippen LogP contribution in [0, 0.1) is 0 Å². The number of benzene rings is 2. The first-order valence-electron chi connectivity index (χ1n) is 8.46. The number of carbonyl (C=O) groups excluding carboxylic acids is 2. The number of nitrogens with one attached hydrogen (secondary N) is 1. The Morgan fingerprint density at radius 3 is 2.55 bits per heavy atom. The number of alkyl halides is 3. The number of rotatable bonds is 8. The van der Waals surface area contributed by atoms with Crippen molar-refractivity contribution in [3.05, 3.63) is 71.2 Å². The highest BCUT2D eigenvalue weighted by molar-refractivity contribution is 9.10. The number of anilines is 1. The molecule has 9 heteroatoms. The van der Waals surface area contributed by atoms with Gasteiger partial charge in [-0.1, -0.05) is 40.2 Å². The van der Waals surface area contributed by atoms with Gasteiger partial charge in [-0.25, -0.2) is 0 Å². The molecule has 0 aliphatic carbocycles. The van der Waals surface area contributed by atoms with Crippen LogP contribution >= 0.6 is 15.9 Å². The van der Waals surface area contributed by atoms with Gasteiger partial charge in [0, 0.05) is 16.7 Å². The van der Waals surface area contributed by atoms with E-state index < -0.39 is 23.9 Å². The Labute approximate surface area is 174 Å². The zero-order valence-corrected chi connectivity index (χ0v) is 16.8. The molecule has 0 bridgehead atoms. The van der Waals surface area contributed by atoms with E-state index >= 15 is 0 Å². The standard InChI is InChI=1S/C20H18BrF3N2O3/c1-2-9-25-18(27)13-26(16-7-4-6-15(21)12-16)19(28)11-14-5-3-8-17(10-14)29-20(22,23)24/h2-8,10,12H,1,9,11,13H2,(H,25,27). The fraction of sp³-hybridized carbons (Fsp3) is 0.200. The van der Waals surface area contributed by atoms with Crippen LogP contribution in [0.5, 0.6) is 5.75 Å². The van der Waals surface area contributed by atoms with E-state index in [0.29, 0.717) is 15.7 Å². The van der Waals surface area contributed by atoms with Gasteiger partial charge in [0.1, 0.15) is 12.3 Å². The molecule has 2 aromatic rings. The molecule has 1 N–H and O–H groups in total. The van der Waals surface area contributed by atoms with Crippen molar-refractivity contribution >= 4 is 33.4 Å². The molecule has 2 amide bonds. The van der Waals surface area contributed by atoms with Crippen LogP contribution in [-0.2, 0) is 16.0 Å². The Bertz CT molecular complexity index is 887. The number of nitrogens with zero attached hydrogens (tertiary/aromatic N) is 1. The van der Waals surface area contributed by atoms with Gasteiger partial charge in [-0.3, -0.25) is 9.59 Å². The van der Waals surface area contributed by atoms with Gasteiger partial charge in [-0.15, -0.1) is 19.8 Å². The summed E-state index contributed by atoms with van der Waals surface area (Å²) in [7, 11) is 0. The van der Waals surface area contributed by atoms with Gasteiger partial charge in [0.25, 0.3) is 0 Å². The van der Waals surface area contributed by atoms with E-state index in [9.17, 15) is 22.8 Å². The summed E-state index contributed by atoms with van der Waals surface area (Å²) in [6.45, 7) is 3.51. The van der Waals surface area contributed by atoms with E-state index in [-0.39, 0.29) is 19.5 Å². The van der Waals surface area contributed by atoms with Gasteiger partial charge in [-0.2, -0.15) is 0 Å². The van der Waals surface area contributed by atoms with Crippen molar-refractivity contribution in [3.8, 4) is 5.75 Å². The monoisotopic (exact) mass is 470 g/mol. The van der Waals surface area contributed by atoms with Crippen LogP contribution in [0.15, 0.2) is 65.7 Å². The highest BCUT2D eigenvalue weighted by Gasteiger charge is 2.31. The number of hydrogen-bond donors (Lipinski definition) is 1. The second kappa shape index (κ2) is 10.1. The van der Waals surface area contributed by atoms with Crippen LogP contribution in [0.25, 0.3) is 0 Å². The third-order valence-electron chi connectivity index (χ3n) is 3.65. The van der Waals surface area contributed by atoms with E-state index in [1.807, 2.05) is 0 Å². The highest BCUT2D eigenvalue weighted by atomic mass is 79.9. The van der Waals surface area contributed by atoms with Crippen LogP contribution < -0.4 is 15.0 Å². The Balaban J connectivity index is 2.22. The lowest BCUT2D eigenvalue weighted by molar-refractivity contribution is -0.274. The van der Waals surface area contributed by atoms with Gasteiger partial charge >= 0.3 is 6.36 Å². The average molecular weight is 471 g/mol. The van der Waals surface area contributed by atoms with E-state index in [1.54, 1.807) is 24.3 Å². The second-order valence-electron chi connectivity index (χ2n) is 5.92. The maximum atomic E-state index is 12.9. The Kier molecular flexibility index (Phi) is 7.83. The SMILES string of the molecule is C=CCNC(=O)CN(C(=O)Cc1cccc(OC(F)(F)F)c1)c1cccc(Br)c1. The summed E-state index contributed by atoms with van der Waals surface area (Å²) in [5, 5.41) is 2.59. The van der Waals surface area contributed by atoms with Crippen LogP contribution in [0.4, 0.5) is 18.9 Å². The molecule has 0 saturated carbocycles. The topological polar surface area (TPSA) is 58.6 Å². The Morgan fingerprint density at radius 1 is 1.17 bits per heavy atom.